The number of hydrogen-bond donors (Lipinski definition) is 1. The second-order valence-corrected chi connectivity index (χ2v) is 6.73. The quantitative estimate of drug-likeness (QED) is 0.650. The van der Waals surface area contributed by atoms with Crippen molar-refractivity contribution in [3.05, 3.63) is 40.6 Å². The van der Waals surface area contributed by atoms with Gasteiger partial charge in [-0.05, 0) is 19.1 Å². The fraction of sp³-hybridized carbons (Fsp3) is 0.357. The SMILES string of the molecule is CCOC(=O)C1=CNC(c2c(Cl)cccc2OS(C)(=O)=O)C1. The average molecular weight is 346 g/mol. The summed E-state index contributed by atoms with van der Waals surface area (Å²) in [6, 6.07) is 4.40. The highest BCUT2D eigenvalue weighted by molar-refractivity contribution is 7.86. The molecule has 1 atom stereocenters. The molecule has 8 heteroatoms. The number of esters is 1. The lowest BCUT2D eigenvalue weighted by Gasteiger charge is -2.17. The maximum absolute atomic E-state index is 11.7. The highest BCUT2D eigenvalue weighted by Gasteiger charge is 2.28. The van der Waals surface area contributed by atoms with Crippen LogP contribution in [-0.2, 0) is 19.6 Å². The largest absolute Gasteiger partial charge is 0.463 e. The third-order valence-corrected chi connectivity index (χ3v) is 3.83. The first kappa shape index (κ1) is 16.6. The van der Waals surface area contributed by atoms with Gasteiger partial charge in [-0.15, -0.1) is 0 Å². The Morgan fingerprint density at radius 3 is 2.82 bits per heavy atom. The fourth-order valence-corrected chi connectivity index (χ4v) is 2.95. The molecule has 22 heavy (non-hydrogen) atoms. The number of halogens is 1. The molecule has 1 aliphatic rings. The first-order valence-corrected chi connectivity index (χ1v) is 8.81. The van der Waals surface area contributed by atoms with Gasteiger partial charge in [0, 0.05) is 23.2 Å². The van der Waals surface area contributed by atoms with Crippen LogP contribution in [0.1, 0.15) is 24.9 Å². The molecular formula is C14H16ClNO5S. The molecule has 0 saturated heterocycles. The normalized spacial score (nSPS) is 17.6. The van der Waals surface area contributed by atoms with Crippen LogP contribution in [0.15, 0.2) is 30.0 Å². The van der Waals surface area contributed by atoms with E-state index in [0.29, 0.717) is 22.6 Å². The van der Waals surface area contributed by atoms with E-state index in [4.69, 9.17) is 20.5 Å². The monoisotopic (exact) mass is 345 g/mol. The molecule has 0 amide bonds. The van der Waals surface area contributed by atoms with Gasteiger partial charge in [0.1, 0.15) is 5.75 Å². The molecule has 0 aromatic heterocycles. The van der Waals surface area contributed by atoms with Gasteiger partial charge >= 0.3 is 16.1 Å². The highest BCUT2D eigenvalue weighted by atomic mass is 35.5. The van der Waals surface area contributed by atoms with Gasteiger partial charge < -0.3 is 14.2 Å². The summed E-state index contributed by atoms with van der Waals surface area (Å²) in [6.07, 6.45) is 2.85. The van der Waals surface area contributed by atoms with Crippen molar-refractivity contribution in [2.24, 2.45) is 0 Å². The molecule has 0 spiro atoms. The Morgan fingerprint density at radius 1 is 1.45 bits per heavy atom. The molecule has 1 aromatic rings. The van der Waals surface area contributed by atoms with E-state index in [-0.39, 0.29) is 18.4 Å². The molecule has 0 bridgehead atoms. The van der Waals surface area contributed by atoms with Crippen LogP contribution in [0, 0.1) is 0 Å². The van der Waals surface area contributed by atoms with Crippen molar-refractivity contribution in [1.29, 1.82) is 0 Å². The van der Waals surface area contributed by atoms with Gasteiger partial charge in [0.2, 0.25) is 0 Å². The minimum absolute atomic E-state index is 0.144. The summed E-state index contributed by atoms with van der Waals surface area (Å²) in [5.74, 6) is -0.263. The number of hydrogen-bond acceptors (Lipinski definition) is 6. The molecule has 1 N–H and O–H groups in total. The van der Waals surface area contributed by atoms with Crippen molar-refractivity contribution in [2.45, 2.75) is 19.4 Å². The van der Waals surface area contributed by atoms with Crippen LogP contribution in [0.3, 0.4) is 0 Å². The first-order chi connectivity index (χ1) is 10.3. The summed E-state index contributed by atoms with van der Waals surface area (Å²) in [5.41, 5.74) is 0.960. The first-order valence-electron chi connectivity index (χ1n) is 6.62. The van der Waals surface area contributed by atoms with Gasteiger partial charge in [-0.2, -0.15) is 8.42 Å². The van der Waals surface area contributed by atoms with E-state index >= 15 is 0 Å². The van der Waals surface area contributed by atoms with Crippen molar-refractivity contribution in [3.8, 4) is 5.75 Å². The topological polar surface area (TPSA) is 81.7 Å². The van der Waals surface area contributed by atoms with Crippen LogP contribution in [0.4, 0.5) is 0 Å². The minimum Gasteiger partial charge on any atom is -0.463 e. The Labute approximate surface area is 134 Å². The Bertz CT molecular complexity index is 714. The molecule has 120 valence electrons. The van der Waals surface area contributed by atoms with E-state index in [9.17, 15) is 13.2 Å². The van der Waals surface area contributed by atoms with E-state index in [0.717, 1.165) is 6.26 Å². The molecule has 1 unspecified atom stereocenters. The van der Waals surface area contributed by atoms with Gasteiger partial charge in [-0.25, -0.2) is 4.79 Å². The average Bonchev–Trinajstić information content (AvgIpc) is 2.86. The highest BCUT2D eigenvalue weighted by Crippen LogP contribution is 2.38. The minimum atomic E-state index is -3.68. The van der Waals surface area contributed by atoms with E-state index in [1.807, 2.05) is 0 Å². The summed E-state index contributed by atoms with van der Waals surface area (Å²) >= 11 is 6.17. The number of rotatable bonds is 5. The van der Waals surface area contributed by atoms with Crippen LogP contribution in [0.5, 0.6) is 5.75 Å². The zero-order valence-corrected chi connectivity index (χ0v) is 13.7. The molecule has 0 fully saturated rings. The van der Waals surface area contributed by atoms with Crippen LogP contribution in [-0.4, -0.2) is 27.2 Å². The lowest BCUT2D eigenvalue weighted by atomic mass is 10.0. The van der Waals surface area contributed by atoms with E-state index in [1.54, 1.807) is 25.3 Å². The van der Waals surface area contributed by atoms with Crippen molar-refractivity contribution in [2.75, 3.05) is 12.9 Å². The number of ether oxygens (including phenoxy) is 1. The van der Waals surface area contributed by atoms with E-state index in [1.165, 1.54) is 6.07 Å². The molecule has 0 radical (unpaired) electrons. The van der Waals surface area contributed by atoms with Gasteiger partial charge in [0.25, 0.3) is 0 Å². The molecule has 6 nitrogen and oxygen atoms in total. The Morgan fingerprint density at radius 2 is 2.18 bits per heavy atom. The summed E-state index contributed by atoms with van der Waals surface area (Å²) < 4.78 is 32.6. The molecule has 1 heterocycles. The maximum Gasteiger partial charge on any atom is 0.335 e. The van der Waals surface area contributed by atoms with Crippen molar-refractivity contribution in [1.82, 2.24) is 5.32 Å². The molecule has 1 aliphatic heterocycles. The third kappa shape index (κ3) is 3.92. The summed E-state index contributed by atoms with van der Waals surface area (Å²) in [5, 5.41) is 3.37. The molecule has 2 rings (SSSR count). The van der Waals surface area contributed by atoms with Crippen LogP contribution in [0.2, 0.25) is 5.02 Å². The summed E-state index contributed by atoms with van der Waals surface area (Å²) in [4.78, 5) is 11.7. The Hall–Kier alpha value is -1.73. The lowest BCUT2D eigenvalue weighted by molar-refractivity contribution is -0.138. The maximum atomic E-state index is 11.7. The van der Waals surface area contributed by atoms with Crippen molar-refractivity contribution >= 4 is 27.7 Å². The molecule has 0 aliphatic carbocycles. The zero-order chi connectivity index (χ0) is 16.3. The predicted octanol–water partition coefficient (Wildman–Crippen LogP) is 2.16. The fourth-order valence-electron chi connectivity index (χ4n) is 2.18. The molecule has 1 aromatic carbocycles. The number of carbonyl (C=O) groups is 1. The number of nitrogens with one attached hydrogen (secondary N) is 1. The predicted molar refractivity (Wildman–Crippen MR) is 82.1 cm³/mol. The van der Waals surface area contributed by atoms with Gasteiger partial charge in [0.15, 0.2) is 0 Å². The Kier molecular flexibility index (Phi) is 4.97. The number of carbonyl (C=O) groups excluding carboxylic acids is 1. The van der Waals surface area contributed by atoms with Gasteiger partial charge in [-0.1, -0.05) is 17.7 Å². The second-order valence-electron chi connectivity index (χ2n) is 4.75. The van der Waals surface area contributed by atoms with Crippen molar-refractivity contribution in [3.63, 3.8) is 0 Å². The van der Waals surface area contributed by atoms with Gasteiger partial charge in [-0.3, -0.25) is 0 Å². The van der Waals surface area contributed by atoms with Crippen molar-refractivity contribution < 1.29 is 22.1 Å². The van der Waals surface area contributed by atoms with E-state index in [2.05, 4.69) is 5.32 Å². The Balaban J connectivity index is 2.26. The van der Waals surface area contributed by atoms with Crippen LogP contribution < -0.4 is 9.50 Å². The van der Waals surface area contributed by atoms with Gasteiger partial charge in [0.05, 0.1) is 24.5 Å². The summed E-state index contributed by atoms with van der Waals surface area (Å²) in [6.45, 7) is 2.01. The smallest absolute Gasteiger partial charge is 0.335 e. The molecule has 0 saturated carbocycles. The zero-order valence-electron chi connectivity index (χ0n) is 12.1. The molecular weight excluding hydrogens is 330 g/mol. The summed E-state index contributed by atoms with van der Waals surface area (Å²) in [7, 11) is -3.68. The standard InChI is InChI=1S/C14H16ClNO5S/c1-3-20-14(17)9-7-11(16-8-9)13-10(15)5-4-6-12(13)21-22(2,18)19/h4-6,8,11,16H,3,7H2,1-2H3. The lowest BCUT2D eigenvalue weighted by Crippen LogP contribution is -2.15. The number of benzene rings is 1. The van der Waals surface area contributed by atoms with Crippen LogP contribution >= 0.6 is 11.6 Å². The van der Waals surface area contributed by atoms with Crippen LogP contribution in [0.25, 0.3) is 0 Å². The van der Waals surface area contributed by atoms with E-state index < -0.39 is 16.1 Å². The third-order valence-electron chi connectivity index (χ3n) is 3.02. The second kappa shape index (κ2) is 6.58.